The number of hydrogen-bond donors (Lipinski definition) is 4. The summed E-state index contributed by atoms with van der Waals surface area (Å²) in [6.45, 7) is 16.1. The van der Waals surface area contributed by atoms with Crippen LogP contribution in [0.25, 0.3) is 0 Å². The molecule has 2 aromatic rings. The van der Waals surface area contributed by atoms with Crippen LogP contribution in [0.15, 0.2) is 29.3 Å². The Bertz CT molecular complexity index is 1570. The number of likely N-dealkylation sites (tertiary alicyclic amines) is 2. The minimum atomic E-state index is -0.548. The Morgan fingerprint density at radius 2 is 1.27 bits per heavy atom. The molecule has 0 aromatic heterocycles. The highest BCUT2D eigenvalue weighted by molar-refractivity contribution is 5.85. The van der Waals surface area contributed by atoms with Crippen LogP contribution in [-0.2, 0) is 30.5 Å². The molecule has 56 heavy (non-hydrogen) atoms. The zero-order chi connectivity index (χ0) is 38.3. The second-order valence-corrected chi connectivity index (χ2v) is 14.3. The summed E-state index contributed by atoms with van der Waals surface area (Å²) in [6.07, 6.45) is 11.3. The molecule has 6 rings (SSSR count). The first-order valence-electron chi connectivity index (χ1n) is 19.8. The lowest BCUT2D eigenvalue weighted by molar-refractivity contribution is 0.0848. The van der Waals surface area contributed by atoms with E-state index in [-0.39, 0.29) is 43.7 Å². The van der Waals surface area contributed by atoms with E-state index in [1.165, 1.54) is 62.4 Å². The van der Waals surface area contributed by atoms with Gasteiger partial charge in [0, 0.05) is 42.8 Å². The number of halogens is 2. The number of nitrogens with one attached hydrogen (secondary N) is 2. The molecule has 14 heteroatoms. The molecule has 12 nitrogen and oxygen atoms in total. The number of phenols is 2. The summed E-state index contributed by atoms with van der Waals surface area (Å²) in [6, 6.07) is 8.54. The van der Waals surface area contributed by atoms with Crippen molar-refractivity contribution in [3.63, 3.8) is 0 Å². The average Bonchev–Trinajstić information content (AvgIpc) is 3.15. The van der Waals surface area contributed by atoms with Gasteiger partial charge in [-0.1, -0.05) is 33.4 Å². The SMILES string of the molecule is C.CCCN1CCC[C@@H]2Cc3c(ccc(O)c3O)C[C@H]21.CCCN1CCC[C@@H]2Cc3c(ccc(OC(=O)NCC)c3OC(=O)NCC)C[C@H]21.CCN=C=O.Cl.Cl. The molecule has 2 saturated heterocycles. The van der Waals surface area contributed by atoms with E-state index >= 15 is 0 Å². The first-order chi connectivity index (χ1) is 25.7. The van der Waals surface area contributed by atoms with Crippen molar-refractivity contribution >= 4 is 43.1 Å². The van der Waals surface area contributed by atoms with E-state index in [1.54, 1.807) is 19.1 Å². The summed E-state index contributed by atoms with van der Waals surface area (Å²) in [5.41, 5.74) is 4.38. The molecule has 0 unspecified atom stereocenters. The number of benzene rings is 2. The standard InChI is InChI=1S/C22H33N3O4.C16H23NO2.C3H5NO.CH4.2ClH/c1-4-11-25-12-7-8-16-13-17-15(14-18(16)25)9-10-19(28-21(26)23-5-2)20(17)29-22(27)24-6-3;1-2-7-17-8-3-4-12-9-13-11(10-14(12)17)5-6-15(18)16(13)19;1-2-4-3-5;;;/h9-10,16,18H,4-8,11-14H2,1-3H3,(H,23,26)(H,24,27);5-6,12,14,18-19H,2-4,7-10H2,1H3;2H2,1H3;1H4;2*1H/t16-,18-;12-,14-;;;;/m11..../s1. The van der Waals surface area contributed by atoms with Gasteiger partial charge in [-0.25, -0.2) is 19.4 Å². The molecular formula is C42H67Cl2N5O7. The van der Waals surface area contributed by atoms with Crippen molar-refractivity contribution in [3.8, 4) is 23.0 Å². The molecule has 4 N–H and O–H groups in total. The molecule has 0 saturated carbocycles. The summed E-state index contributed by atoms with van der Waals surface area (Å²) in [5.74, 6) is 1.98. The molecule has 2 aromatic carbocycles. The first-order valence-corrected chi connectivity index (χ1v) is 19.8. The van der Waals surface area contributed by atoms with Crippen LogP contribution in [0.3, 0.4) is 0 Å². The molecule has 4 atom stereocenters. The van der Waals surface area contributed by atoms with E-state index in [1.807, 2.05) is 26.0 Å². The van der Waals surface area contributed by atoms with Crippen molar-refractivity contribution in [2.24, 2.45) is 16.8 Å². The Kier molecular flexibility index (Phi) is 23.1. The van der Waals surface area contributed by atoms with E-state index in [2.05, 4.69) is 39.3 Å². The highest BCUT2D eigenvalue weighted by Gasteiger charge is 2.38. The number of piperidine rings is 2. The fourth-order valence-corrected chi connectivity index (χ4v) is 8.56. The van der Waals surface area contributed by atoms with Gasteiger partial charge in [-0.05, 0) is 146 Å². The number of aliphatic imine (C=N–C) groups is 1. The van der Waals surface area contributed by atoms with Crippen molar-refractivity contribution in [1.29, 1.82) is 0 Å². The Morgan fingerprint density at radius 1 is 0.768 bits per heavy atom. The van der Waals surface area contributed by atoms with Crippen LogP contribution in [0.5, 0.6) is 23.0 Å². The maximum atomic E-state index is 12.2. The van der Waals surface area contributed by atoms with E-state index in [0.717, 1.165) is 56.3 Å². The van der Waals surface area contributed by atoms with Gasteiger partial charge in [0.05, 0.1) is 0 Å². The van der Waals surface area contributed by atoms with Gasteiger partial charge in [-0.3, -0.25) is 9.80 Å². The molecule has 2 amide bonds. The van der Waals surface area contributed by atoms with E-state index < -0.39 is 12.2 Å². The summed E-state index contributed by atoms with van der Waals surface area (Å²) in [4.78, 5) is 41.7. The van der Waals surface area contributed by atoms with Crippen molar-refractivity contribution in [1.82, 2.24) is 20.4 Å². The predicted octanol–water partition coefficient (Wildman–Crippen LogP) is 8.00. The van der Waals surface area contributed by atoms with Crippen LogP contribution in [0.2, 0.25) is 0 Å². The number of fused-ring (bicyclic) bond motifs is 4. The van der Waals surface area contributed by atoms with Gasteiger partial charge < -0.3 is 30.3 Å². The first kappa shape index (κ1) is 50.5. The van der Waals surface area contributed by atoms with Crippen LogP contribution in [0, 0.1) is 11.8 Å². The van der Waals surface area contributed by atoms with E-state index in [0.29, 0.717) is 55.1 Å². The highest BCUT2D eigenvalue weighted by atomic mass is 35.5. The Hall–Kier alpha value is -3.54. The van der Waals surface area contributed by atoms with Crippen molar-refractivity contribution < 1.29 is 34.1 Å². The van der Waals surface area contributed by atoms with Crippen LogP contribution in [0.1, 0.15) is 103 Å². The topological polar surface area (TPSA) is 153 Å². The number of amides is 2. The third kappa shape index (κ3) is 13.3. The molecule has 316 valence electrons. The molecule has 2 heterocycles. The lowest BCUT2D eigenvalue weighted by Gasteiger charge is -2.45. The molecule has 2 aliphatic heterocycles. The number of nitrogens with zero attached hydrogens (tertiary/aromatic N) is 3. The fraction of sp³-hybridized carbons (Fsp3) is 0.643. The smallest absolute Gasteiger partial charge is 0.412 e. The van der Waals surface area contributed by atoms with Crippen molar-refractivity contribution in [3.05, 3.63) is 46.5 Å². The van der Waals surface area contributed by atoms with Crippen LogP contribution in [0.4, 0.5) is 9.59 Å². The summed E-state index contributed by atoms with van der Waals surface area (Å²) in [5, 5.41) is 25.0. The number of hydrogen-bond acceptors (Lipinski definition) is 10. The number of isocyanates is 1. The molecule has 0 bridgehead atoms. The van der Waals surface area contributed by atoms with Gasteiger partial charge in [0.2, 0.25) is 6.08 Å². The molecule has 0 spiro atoms. The van der Waals surface area contributed by atoms with Gasteiger partial charge in [-0.2, -0.15) is 0 Å². The maximum absolute atomic E-state index is 12.2. The van der Waals surface area contributed by atoms with Gasteiger partial charge in [-0.15, -0.1) is 24.8 Å². The number of carbonyl (C=O) groups excluding carboxylic acids is 3. The largest absolute Gasteiger partial charge is 0.504 e. The van der Waals surface area contributed by atoms with Gasteiger partial charge in [0.25, 0.3) is 0 Å². The van der Waals surface area contributed by atoms with Gasteiger partial charge in [0.1, 0.15) is 0 Å². The fourth-order valence-electron chi connectivity index (χ4n) is 8.56. The van der Waals surface area contributed by atoms with E-state index in [4.69, 9.17) is 14.3 Å². The molecule has 2 aliphatic carbocycles. The minimum absolute atomic E-state index is 0. The summed E-state index contributed by atoms with van der Waals surface area (Å²) in [7, 11) is 0. The van der Waals surface area contributed by atoms with Crippen LogP contribution in [-0.4, -0.2) is 96.2 Å². The number of phenolic OH excluding ortho intramolecular Hbond substituents is 2. The molecule has 0 radical (unpaired) electrons. The zero-order valence-corrected chi connectivity index (χ0v) is 34.9. The summed E-state index contributed by atoms with van der Waals surface area (Å²) < 4.78 is 11.1. The predicted molar refractivity (Wildman–Crippen MR) is 227 cm³/mol. The quantitative estimate of drug-likeness (QED) is 0.112. The molecular weight excluding hydrogens is 757 g/mol. The van der Waals surface area contributed by atoms with Crippen LogP contribution < -0.4 is 20.1 Å². The van der Waals surface area contributed by atoms with Crippen molar-refractivity contribution in [2.45, 2.75) is 118 Å². The monoisotopic (exact) mass is 823 g/mol. The third-order valence-electron chi connectivity index (χ3n) is 10.8. The van der Waals surface area contributed by atoms with E-state index in [9.17, 15) is 19.8 Å². The lowest BCUT2D eigenvalue weighted by atomic mass is 9.75. The molecule has 4 aliphatic rings. The molecule has 2 fully saturated rings. The number of carbonyl (C=O) groups is 2. The van der Waals surface area contributed by atoms with Crippen LogP contribution >= 0.6 is 24.8 Å². The Labute approximate surface area is 347 Å². The second-order valence-electron chi connectivity index (χ2n) is 14.3. The second kappa shape index (κ2) is 25.7. The van der Waals surface area contributed by atoms with Crippen molar-refractivity contribution in [2.75, 3.05) is 45.8 Å². The zero-order valence-electron chi connectivity index (χ0n) is 33.2. The third-order valence-corrected chi connectivity index (χ3v) is 10.8. The van der Waals surface area contributed by atoms with Gasteiger partial charge >= 0.3 is 12.2 Å². The number of aromatic hydroxyl groups is 2. The highest BCUT2D eigenvalue weighted by Crippen LogP contribution is 2.44. The van der Waals surface area contributed by atoms with Gasteiger partial charge in [0.15, 0.2) is 23.0 Å². The lowest BCUT2D eigenvalue weighted by Crippen LogP contribution is -2.49. The average molecular weight is 825 g/mol. The minimum Gasteiger partial charge on any atom is -0.504 e. The number of ether oxygens (including phenoxy) is 2. The number of rotatable bonds is 9. The maximum Gasteiger partial charge on any atom is 0.412 e. The Morgan fingerprint density at radius 3 is 1.75 bits per heavy atom. The Balaban J connectivity index is 0.000000502. The normalized spacial score (nSPS) is 20.4. The summed E-state index contributed by atoms with van der Waals surface area (Å²) >= 11 is 0.